The predicted octanol–water partition coefficient (Wildman–Crippen LogP) is 1.78. The minimum absolute atomic E-state index is 0.201. The molecule has 1 aromatic carbocycles. The summed E-state index contributed by atoms with van der Waals surface area (Å²) < 4.78 is 0. The molecule has 0 aliphatic heterocycles. The third-order valence-electron chi connectivity index (χ3n) is 3.74. The smallest absolute Gasteiger partial charge is 0.236 e. The lowest BCUT2D eigenvalue weighted by molar-refractivity contribution is -0.129. The van der Waals surface area contributed by atoms with Crippen molar-refractivity contribution in [3.8, 4) is 0 Å². The second kappa shape index (κ2) is 6.01. The van der Waals surface area contributed by atoms with Gasteiger partial charge in [-0.15, -0.1) is 0 Å². The van der Waals surface area contributed by atoms with Gasteiger partial charge in [-0.1, -0.05) is 24.3 Å². The van der Waals surface area contributed by atoms with Gasteiger partial charge in [0.05, 0.1) is 6.54 Å². The van der Waals surface area contributed by atoms with Crippen LogP contribution >= 0.6 is 0 Å². The first kappa shape index (κ1) is 13.1. The zero-order chi connectivity index (χ0) is 13.0. The SMILES string of the molecule is CCN(CC)C(=O)CNCC1Cc2ccccc21. The van der Waals surface area contributed by atoms with Crippen molar-refractivity contribution < 1.29 is 4.79 Å². The summed E-state index contributed by atoms with van der Waals surface area (Å²) in [4.78, 5) is 13.7. The zero-order valence-corrected chi connectivity index (χ0v) is 11.3. The molecule has 1 atom stereocenters. The molecule has 1 unspecified atom stereocenters. The molecule has 1 amide bonds. The van der Waals surface area contributed by atoms with Crippen molar-refractivity contribution >= 4 is 5.91 Å². The van der Waals surface area contributed by atoms with Crippen LogP contribution in [0, 0.1) is 0 Å². The van der Waals surface area contributed by atoms with E-state index >= 15 is 0 Å². The van der Waals surface area contributed by atoms with Crippen molar-refractivity contribution in [3.63, 3.8) is 0 Å². The van der Waals surface area contributed by atoms with Crippen LogP contribution in [0.4, 0.5) is 0 Å². The molecule has 0 spiro atoms. The number of benzene rings is 1. The van der Waals surface area contributed by atoms with E-state index in [1.165, 1.54) is 11.1 Å². The van der Waals surface area contributed by atoms with Crippen molar-refractivity contribution in [2.24, 2.45) is 0 Å². The Bertz CT molecular complexity index is 413. The molecule has 0 saturated heterocycles. The Hall–Kier alpha value is -1.35. The van der Waals surface area contributed by atoms with Gasteiger partial charge < -0.3 is 10.2 Å². The maximum Gasteiger partial charge on any atom is 0.236 e. The lowest BCUT2D eigenvalue weighted by Gasteiger charge is -2.30. The Morgan fingerprint density at radius 3 is 2.72 bits per heavy atom. The van der Waals surface area contributed by atoms with Gasteiger partial charge in [-0.2, -0.15) is 0 Å². The Morgan fingerprint density at radius 1 is 1.33 bits per heavy atom. The molecule has 1 aromatic rings. The maximum atomic E-state index is 11.8. The van der Waals surface area contributed by atoms with Gasteiger partial charge in [0.25, 0.3) is 0 Å². The van der Waals surface area contributed by atoms with Crippen LogP contribution in [0.3, 0.4) is 0 Å². The lowest BCUT2D eigenvalue weighted by Crippen LogP contribution is -2.40. The topological polar surface area (TPSA) is 32.3 Å². The van der Waals surface area contributed by atoms with E-state index in [0.29, 0.717) is 12.5 Å². The van der Waals surface area contributed by atoms with Crippen molar-refractivity contribution in [2.45, 2.75) is 26.2 Å². The van der Waals surface area contributed by atoms with Crippen LogP contribution in [-0.4, -0.2) is 37.0 Å². The predicted molar refractivity (Wildman–Crippen MR) is 73.7 cm³/mol. The number of nitrogens with zero attached hydrogens (tertiary/aromatic N) is 1. The minimum atomic E-state index is 0.201. The normalized spacial score (nSPS) is 16.9. The largest absolute Gasteiger partial charge is 0.342 e. The average molecular weight is 246 g/mol. The summed E-state index contributed by atoms with van der Waals surface area (Å²) >= 11 is 0. The number of fused-ring (bicyclic) bond motifs is 1. The molecule has 18 heavy (non-hydrogen) atoms. The molecule has 0 bridgehead atoms. The third kappa shape index (κ3) is 2.72. The lowest BCUT2D eigenvalue weighted by atomic mass is 9.77. The van der Waals surface area contributed by atoms with Gasteiger partial charge in [0.2, 0.25) is 5.91 Å². The van der Waals surface area contributed by atoms with Gasteiger partial charge in [-0.3, -0.25) is 4.79 Å². The van der Waals surface area contributed by atoms with Crippen molar-refractivity contribution in [2.75, 3.05) is 26.2 Å². The Labute approximate surface area is 109 Å². The fraction of sp³-hybridized carbons (Fsp3) is 0.533. The highest BCUT2D eigenvalue weighted by molar-refractivity contribution is 5.78. The van der Waals surface area contributed by atoms with E-state index in [9.17, 15) is 4.79 Å². The molecule has 0 saturated carbocycles. The molecule has 3 nitrogen and oxygen atoms in total. The second-order valence-corrected chi connectivity index (χ2v) is 4.80. The summed E-state index contributed by atoms with van der Waals surface area (Å²) in [5, 5.41) is 3.29. The molecule has 2 rings (SSSR count). The molecule has 1 N–H and O–H groups in total. The van der Waals surface area contributed by atoms with Crippen LogP contribution in [0.15, 0.2) is 24.3 Å². The maximum absolute atomic E-state index is 11.8. The number of carbonyl (C=O) groups excluding carboxylic acids is 1. The molecule has 0 heterocycles. The van der Waals surface area contributed by atoms with E-state index in [-0.39, 0.29) is 5.91 Å². The van der Waals surface area contributed by atoms with Crippen molar-refractivity contribution in [1.82, 2.24) is 10.2 Å². The van der Waals surface area contributed by atoms with Crippen LogP contribution < -0.4 is 5.32 Å². The van der Waals surface area contributed by atoms with E-state index in [1.807, 2.05) is 18.7 Å². The quantitative estimate of drug-likeness (QED) is 0.830. The van der Waals surface area contributed by atoms with Crippen LogP contribution in [0.2, 0.25) is 0 Å². The van der Waals surface area contributed by atoms with E-state index in [1.54, 1.807) is 0 Å². The molecule has 3 heteroatoms. The van der Waals surface area contributed by atoms with E-state index in [2.05, 4.69) is 29.6 Å². The first-order chi connectivity index (χ1) is 8.76. The number of amides is 1. The van der Waals surface area contributed by atoms with Crippen LogP contribution in [0.1, 0.15) is 30.9 Å². The molecule has 0 aromatic heterocycles. The molecule has 1 aliphatic rings. The molecule has 1 aliphatic carbocycles. The number of nitrogens with one attached hydrogen (secondary N) is 1. The highest BCUT2D eigenvalue weighted by Gasteiger charge is 2.24. The molecular weight excluding hydrogens is 224 g/mol. The molecular formula is C15H22N2O. The molecule has 98 valence electrons. The van der Waals surface area contributed by atoms with Gasteiger partial charge in [0.15, 0.2) is 0 Å². The fourth-order valence-electron chi connectivity index (χ4n) is 2.59. The summed E-state index contributed by atoms with van der Waals surface area (Å²) in [7, 11) is 0. The summed E-state index contributed by atoms with van der Waals surface area (Å²) in [6.07, 6.45) is 1.14. The minimum Gasteiger partial charge on any atom is -0.342 e. The first-order valence-electron chi connectivity index (χ1n) is 6.82. The van der Waals surface area contributed by atoms with Gasteiger partial charge in [-0.25, -0.2) is 0 Å². The number of hydrogen-bond acceptors (Lipinski definition) is 2. The Kier molecular flexibility index (Phi) is 4.37. The monoisotopic (exact) mass is 246 g/mol. The Balaban J connectivity index is 1.73. The summed E-state index contributed by atoms with van der Waals surface area (Å²) in [5.41, 5.74) is 2.90. The van der Waals surface area contributed by atoms with Gasteiger partial charge in [-0.05, 0) is 31.4 Å². The number of likely N-dealkylation sites (N-methyl/N-ethyl adjacent to an activating group) is 1. The number of carbonyl (C=O) groups is 1. The Morgan fingerprint density at radius 2 is 2.06 bits per heavy atom. The zero-order valence-electron chi connectivity index (χ0n) is 11.3. The number of rotatable bonds is 6. The van der Waals surface area contributed by atoms with Crippen LogP contribution in [0.5, 0.6) is 0 Å². The van der Waals surface area contributed by atoms with E-state index in [4.69, 9.17) is 0 Å². The van der Waals surface area contributed by atoms with Gasteiger partial charge >= 0.3 is 0 Å². The highest BCUT2D eigenvalue weighted by Crippen LogP contribution is 2.33. The van der Waals surface area contributed by atoms with Gasteiger partial charge in [0.1, 0.15) is 0 Å². The van der Waals surface area contributed by atoms with Crippen LogP contribution in [-0.2, 0) is 11.2 Å². The standard InChI is InChI=1S/C15H22N2O/c1-3-17(4-2)15(18)11-16-10-13-9-12-7-5-6-8-14(12)13/h5-8,13,16H,3-4,9-11H2,1-2H3. The summed E-state index contributed by atoms with van der Waals surface area (Å²) in [6.45, 7) is 6.99. The van der Waals surface area contributed by atoms with Gasteiger partial charge in [0, 0.05) is 25.6 Å². The molecule has 0 radical (unpaired) electrons. The summed E-state index contributed by atoms with van der Waals surface area (Å²) in [6, 6.07) is 8.56. The van der Waals surface area contributed by atoms with E-state index < -0.39 is 0 Å². The van der Waals surface area contributed by atoms with Crippen LogP contribution in [0.25, 0.3) is 0 Å². The summed E-state index contributed by atoms with van der Waals surface area (Å²) in [5.74, 6) is 0.790. The van der Waals surface area contributed by atoms with Crippen molar-refractivity contribution in [3.05, 3.63) is 35.4 Å². The van der Waals surface area contributed by atoms with E-state index in [0.717, 1.165) is 26.1 Å². The average Bonchev–Trinajstić information content (AvgIpc) is 2.36. The second-order valence-electron chi connectivity index (χ2n) is 4.80. The van der Waals surface area contributed by atoms with Crippen molar-refractivity contribution in [1.29, 1.82) is 0 Å². The third-order valence-corrected chi connectivity index (χ3v) is 3.74. The molecule has 0 fully saturated rings. The number of hydrogen-bond donors (Lipinski definition) is 1. The first-order valence-corrected chi connectivity index (χ1v) is 6.82. The fourth-order valence-corrected chi connectivity index (χ4v) is 2.59. The highest BCUT2D eigenvalue weighted by atomic mass is 16.2.